The van der Waals surface area contributed by atoms with E-state index in [0.29, 0.717) is 5.82 Å². The molecule has 59 heavy (non-hydrogen) atoms. The lowest BCUT2D eigenvalue weighted by molar-refractivity contribution is 0.661. The molecule has 0 bridgehead atoms. The quantitative estimate of drug-likeness (QED) is 0.169. The van der Waals surface area contributed by atoms with Crippen LogP contribution in [0.25, 0.3) is 100.0 Å². The summed E-state index contributed by atoms with van der Waals surface area (Å²) in [4.78, 5) is 10.3. The van der Waals surface area contributed by atoms with Crippen molar-refractivity contribution in [3.63, 3.8) is 0 Å². The van der Waals surface area contributed by atoms with Crippen LogP contribution in [0.5, 0.6) is 0 Å². The molecule has 0 aliphatic heterocycles. The highest BCUT2D eigenvalue weighted by molar-refractivity contribution is 6.01. The van der Waals surface area contributed by atoms with Gasteiger partial charge in [-0.1, -0.05) is 196 Å². The Morgan fingerprint density at radius 3 is 1.58 bits per heavy atom. The van der Waals surface area contributed by atoms with Crippen molar-refractivity contribution in [1.82, 2.24) is 9.97 Å². The molecule has 2 heteroatoms. The molecule has 1 heterocycles. The van der Waals surface area contributed by atoms with E-state index < -0.39 is 0 Å². The first kappa shape index (κ1) is 34.8. The van der Waals surface area contributed by atoms with Gasteiger partial charge in [0.25, 0.3) is 0 Å². The summed E-state index contributed by atoms with van der Waals surface area (Å²) in [6, 6.07) is 74.4. The largest absolute Gasteiger partial charge is 0.228 e. The van der Waals surface area contributed by atoms with Crippen LogP contribution >= 0.6 is 0 Å². The minimum absolute atomic E-state index is 0.0788. The molecule has 2 nitrogen and oxygen atoms in total. The van der Waals surface area contributed by atoms with Gasteiger partial charge in [-0.3, -0.25) is 0 Å². The molecule has 0 atom stereocenters. The molecule has 278 valence electrons. The lowest BCUT2D eigenvalue weighted by Crippen LogP contribution is -2.14. The van der Waals surface area contributed by atoms with E-state index in [1.165, 1.54) is 77.2 Å². The van der Waals surface area contributed by atoms with Crippen molar-refractivity contribution in [3.8, 4) is 78.4 Å². The molecular weight excluding hydrogens is 713 g/mol. The summed E-state index contributed by atoms with van der Waals surface area (Å²) in [5, 5.41) is 4.95. The number of fused-ring (bicyclic) bond motifs is 5. The zero-order valence-electron chi connectivity index (χ0n) is 33.0. The summed E-state index contributed by atoms with van der Waals surface area (Å²) < 4.78 is 0. The normalized spacial score (nSPS) is 12.7. The van der Waals surface area contributed by atoms with E-state index in [1.54, 1.807) is 0 Å². The minimum Gasteiger partial charge on any atom is -0.228 e. The monoisotopic (exact) mass is 752 g/mol. The Morgan fingerprint density at radius 1 is 0.322 bits per heavy atom. The van der Waals surface area contributed by atoms with E-state index in [2.05, 4.69) is 196 Å². The van der Waals surface area contributed by atoms with E-state index in [4.69, 9.17) is 9.97 Å². The van der Waals surface area contributed by atoms with Gasteiger partial charge in [0.2, 0.25) is 0 Å². The molecule has 0 amide bonds. The standard InChI is InChI=1S/C57H40N2/c1-57(2)51-22-12-21-48(55(51)50-33-44-17-9-10-18-45(44)35-52(50)57)41-27-25-40(26-28-41)47-20-11-19-39-29-32-46(34-49(39)47)54-36-53(58-56(59-54)43-15-7-4-8-16-43)42-30-23-38(24-31-42)37-13-5-3-6-14-37/h3-36H,1-2H3. The molecule has 0 fully saturated rings. The van der Waals surface area contributed by atoms with E-state index in [1.807, 2.05) is 24.3 Å². The summed E-state index contributed by atoms with van der Waals surface area (Å²) in [5.74, 6) is 0.709. The molecular formula is C57H40N2. The van der Waals surface area contributed by atoms with Crippen molar-refractivity contribution >= 4 is 21.5 Å². The van der Waals surface area contributed by atoms with Gasteiger partial charge >= 0.3 is 0 Å². The number of benzene rings is 9. The smallest absolute Gasteiger partial charge is 0.160 e. The molecule has 0 N–H and O–H groups in total. The molecule has 1 aromatic heterocycles. The highest BCUT2D eigenvalue weighted by Gasteiger charge is 2.37. The number of aromatic nitrogens is 2. The van der Waals surface area contributed by atoms with Gasteiger partial charge in [-0.15, -0.1) is 0 Å². The van der Waals surface area contributed by atoms with Crippen LogP contribution < -0.4 is 0 Å². The van der Waals surface area contributed by atoms with Gasteiger partial charge in [-0.05, 0) is 101 Å². The second-order valence-electron chi connectivity index (χ2n) is 16.2. The maximum Gasteiger partial charge on any atom is 0.160 e. The fraction of sp³-hybridized carbons (Fsp3) is 0.0526. The van der Waals surface area contributed by atoms with Crippen molar-refractivity contribution in [2.24, 2.45) is 0 Å². The summed E-state index contributed by atoms with van der Waals surface area (Å²) in [7, 11) is 0. The third-order valence-electron chi connectivity index (χ3n) is 12.3. The Hall–Kier alpha value is -7.42. The second-order valence-corrected chi connectivity index (χ2v) is 16.2. The third kappa shape index (κ3) is 6.04. The van der Waals surface area contributed by atoms with Crippen molar-refractivity contribution in [1.29, 1.82) is 0 Å². The molecule has 10 aromatic rings. The summed E-state index contributed by atoms with van der Waals surface area (Å²) >= 11 is 0. The highest BCUT2D eigenvalue weighted by Crippen LogP contribution is 2.53. The van der Waals surface area contributed by atoms with Crippen LogP contribution in [0.4, 0.5) is 0 Å². The maximum atomic E-state index is 5.18. The van der Waals surface area contributed by atoms with Gasteiger partial charge in [-0.25, -0.2) is 9.97 Å². The Labute approximate surface area is 345 Å². The van der Waals surface area contributed by atoms with Crippen molar-refractivity contribution in [2.45, 2.75) is 19.3 Å². The molecule has 1 aliphatic carbocycles. The van der Waals surface area contributed by atoms with Crippen molar-refractivity contribution in [3.05, 3.63) is 217 Å². The van der Waals surface area contributed by atoms with Gasteiger partial charge in [0.15, 0.2) is 5.82 Å². The number of hydrogen-bond acceptors (Lipinski definition) is 2. The van der Waals surface area contributed by atoms with Crippen LogP contribution in [0.2, 0.25) is 0 Å². The zero-order chi connectivity index (χ0) is 39.5. The van der Waals surface area contributed by atoms with E-state index in [-0.39, 0.29) is 5.41 Å². The first-order chi connectivity index (χ1) is 29.0. The fourth-order valence-corrected chi connectivity index (χ4v) is 9.15. The average Bonchev–Trinajstić information content (AvgIpc) is 3.53. The Kier molecular flexibility index (Phi) is 8.20. The third-order valence-corrected chi connectivity index (χ3v) is 12.3. The topological polar surface area (TPSA) is 25.8 Å². The number of rotatable bonds is 6. The predicted molar refractivity (Wildman–Crippen MR) is 247 cm³/mol. The Morgan fingerprint density at radius 2 is 0.847 bits per heavy atom. The minimum atomic E-state index is -0.0788. The SMILES string of the molecule is CC1(C)c2cc3ccccc3cc2-c2c(-c3ccc(-c4cccc5ccc(-c6cc(-c7ccc(-c8ccccc8)cc7)nc(-c7ccccc7)n6)cc45)cc3)cccc21. The molecule has 9 aromatic carbocycles. The van der Waals surface area contributed by atoms with Gasteiger partial charge in [0.1, 0.15) is 0 Å². The van der Waals surface area contributed by atoms with Gasteiger partial charge < -0.3 is 0 Å². The molecule has 0 unspecified atom stereocenters. The summed E-state index contributed by atoms with van der Waals surface area (Å²) in [5.41, 5.74) is 17.5. The molecule has 0 radical (unpaired) electrons. The first-order valence-electron chi connectivity index (χ1n) is 20.4. The van der Waals surface area contributed by atoms with Crippen LogP contribution in [0.15, 0.2) is 206 Å². The van der Waals surface area contributed by atoms with E-state index in [0.717, 1.165) is 28.1 Å². The summed E-state index contributed by atoms with van der Waals surface area (Å²) in [6.45, 7) is 4.73. The average molecular weight is 753 g/mol. The van der Waals surface area contributed by atoms with Crippen molar-refractivity contribution in [2.75, 3.05) is 0 Å². The van der Waals surface area contributed by atoms with Crippen LogP contribution in [0.1, 0.15) is 25.0 Å². The van der Waals surface area contributed by atoms with Gasteiger partial charge in [0, 0.05) is 22.1 Å². The maximum absolute atomic E-state index is 5.18. The van der Waals surface area contributed by atoms with Crippen LogP contribution in [0, 0.1) is 0 Å². The Balaban J connectivity index is 0.983. The van der Waals surface area contributed by atoms with Crippen molar-refractivity contribution < 1.29 is 0 Å². The first-order valence-corrected chi connectivity index (χ1v) is 20.4. The molecule has 0 spiro atoms. The molecule has 0 saturated heterocycles. The van der Waals surface area contributed by atoms with E-state index >= 15 is 0 Å². The Bertz CT molecular complexity index is 3200. The van der Waals surface area contributed by atoms with E-state index in [9.17, 15) is 0 Å². The van der Waals surface area contributed by atoms with Gasteiger partial charge in [0.05, 0.1) is 11.4 Å². The zero-order valence-corrected chi connectivity index (χ0v) is 33.0. The van der Waals surface area contributed by atoms with Crippen LogP contribution in [-0.4, -0.2) is 9.97 Å². The predicted octanol–water partition coefficient (Wildman–Crippen LogP) is 15.1. The van der Waals surface area contributed by atoms with Gasteiger partial charge in [-0.2, -0.15) is 0 Å². The lowest BCUT2D eigenvalue weighted by atomic mass is 9.81. The molecule has 11 rings (SSSR count). The number of hydrogen-bond donors (Lipinski definition) is 0. The lowest BCUT2D eigenvalue weighted by Gasteiger charge is -2.22. The molecule has 0 saturated carbocycles. The fourth-order valence-electron chi connectivity index (χ4n) is 9.15. The van der Waals surface area contributed by atoms with Crippen LogP contribution in [-0.2, 0) is 5.41 Å². The molecule has 1 aliphatic rings. The highest BCUT2D eigenvalue weighted by atomic mass is 14.9. The second kappa shape index (κ2) is 13.9. The summed E-state index contributed by atoms with van der Waals surface area (Å²) in [6.07, 6.45) is 0. The van der Waals surface area contributed by atoms with Crippen LogP contribution in [0.3, 0.4) is 0 Å². The number of nitrogens with zero attached hydrogens (tertiary/aromatic N) is 2.